The minimum atomic E-state index is 0.0576. The summed E-state index contributed by atoms with van der Waals surface area (Å²) in [6.07, 6.45) is 5.37. The third-order valence-electron chi connectivity index (χ3n) is 4.14. The molecule has 21 heavy (non-hydrogen) atoms. The van der Waals surface area contributed by atoms with Crippen LogP contribution in [-0.4, -0.2) is 35.7 Å². The normalized spacial score (nSPS) is 12.4. The van der Waals surface area contributed by atoms with E-state index >= 15 is 0 Å². The lowest BCUT2D eigenvalue weighted by atomic mass is 9.79. The van der Waals surface area contributed by atoms with Gasteiger partial charge < -0.3 is 16.2 Å². The molecule has 4 N–H and O–H groups in total. The predicted molar refractivity (Wildman–Crippen MR) is 87.2 cm³/mol. The molecule has 0 atom stereocenters. The molecule has 0 aromatic carbocycles. The van der Waals surface area contributed by atoms with Gasteiger partial charge in [-0.05, 0) is 36.8 Å². The number of hydrogen-bond acceptors (Lipinski definition) is 3. The van der Waals surface area contributed by atoms with Crippen LogP contribution < -0.4 is 11.1 Å². The third-order valence-corrected chi connectivity index (χ3v) is 4.14. The average Bonchev–Trinajstić information content (AvgIpc) is 2.52. The van der Waals surface area contributed by atoms with Crippen LogP contribution in [0.1, 0.15) is 38.8 Å². The number of aliphatic hydroxyl groups is 1. The molecular formula is C16H28N4O. The monoisotopic (exact) mass is 292 g/mol. The number of aliphatic imine (C=N–C) groups is 1. The first kappa shape index (κ1) is 17.4. The Hall–Kier alpha value is -1.62. The van der Waals surface area contributed by atoms with E-state index in [1.165, 1.54) is 0 Å². The highest BCUT2D eigenvalue weighted by molar-refractivity contribution is 5.77. The molecule has 1 rings (SSSR count). The second-order valence-corrected chi connectivity index (χ2v) is 5.38. The minimum absolute atomic E-state index is 0.0576. The fourth-order valence-corrected chi connectivity index (χ4v) is 2.32. The van der Waals surface area contributed by atoms with Gasteiger partial charge in [-0.15, -0.1) is 0 Å². The molecule has 5 heteroatoms. The zero-order valence-electron chi connectivity index (χ0n) is 13.2. The summed E-state index contributed by atoms with van der Waals surface area (Å²) in [5.41, 5.74) is 7.00. The van der Waals surface area contributed by atoms with Crippen LogP contribution in [0.3, 0.4) is 0 Å². The largest absolute Gasteiger partial charge is 0.396 e. The van der Waals surface area contributed by atoms with Gasteiger partial charge in [-0.25, -0.2) is 0 Å². The van der Waals surface area contributed by atoms with Crippen molar-refractivity contribution >= 4 is 5.96 Å². The lowest BCUT2D eigenvalue weighted by Gasteiger charge is -2.29. The molecule has 5 nitrogen and oxygen atoms in total. The topological polar surface area (TPSA) is 83.5 Å². The van der Waals surface area contributed by atoms with Crippen molar-refractivity contribution in [3.05, 3.63) is 30.1 Å². The Bertz CT molecular complexity index is 416. The van der Waals surface area contributed by atoms with Crippen molar-refractivity contribution < 1.29 is 5.11 Å². The van der Waals surface area contributed by atoms with Crippen LogP contribution in [0.25, 0.3) is 0 Å². The van der Waals surface area contributed by atoms with E-state index in [1.807, 2.05) is 18.2 Å². The van der Waals surface area contributed by atoms with Crippen LogP contribution in [0.2, 0.25) is 0 Å². The predicted octanol–water partition coefficient (Wildman–Crippen LogP) is 1.72. The summed E-state index contributed by atoms with van der Waals surface area (Å²) in [5.74, 6) is 0.468. The Morgan fingerprint density at radius 2 is 2.14 bits per heavy atom. The van der Waals surface area contributed by atoms with E-state index in [0.29, 0.717) is 12.5 Å². The summed E-state index contributed by atoms with van der Waals surface area (Å²) in [4.78, 5) is 8.70. The Morgan fingerprint density at radius 3 is 2.71 bits per heavy atom. The first-order valence-corrected chi connectivity index (χ1v) is 7.70. The fraction of sp³-hybridized carbons (Fsp3) is 0.625. The number of aromatic nitrogens is 1. The Labute approximate surface area is 127 Å². The maximum atomic E-state index is 9.19. The van der Waals surface area contributed by atoms with Crippen LogP contribution in [0, 0.1) is 5.41 Å². The third kappa shape index (κ3) is 6.12. The van der Waals surface area contributed by atoms with Crippen molar-refractivity contribution in [2.75, 3.05) is 19.7 Å². The van der Waals surface area contributed by atoms with Gasteiger partial charge in [0.25, 0.3) is 0 Å². The first-order valence-electron chi connectivity index (χ1n) is 7.70. The van der Waals surface area contributed by atoms with Gasteiger partial charge in [-0.1, -0.05) is 19.9 Å². The molecule has 1 aromatic heterocycles. The average molecular weight is 292 g/mol. The molecule has 0 radical (unpaired) electrons. The smallest absolute Gasteiger partial charge is 0.188 e. The van der Waals surface area contributed by atoms with Crippen LogP contribution in [-0.2, 0) is 6.42 Å². The number of aliphatic hydroxyl groups excluding tert-OH is 1. The van der Waals surface area contributed by atoms with Crippen molar-refractivity contribution in [3.63, 3.8) is 0 Å². The fourth-order valence-electron chi connectivity index (χ4n) is 2.32. The molecule has 0 bridgehead atoms. The van der Waals surface area contributed by atoms with E-state index in [1.54, 1.807) is 6.20 Å². The molecule has 1 heterocycles. The first-order chi connectivity index (χ1) is 10.2. The van der Waals surface area contributed by atoms with Crippen LogP contribution >= 0.6 is 0 Å². The van der Waals surface area contributed by atoms with E-state index in [2.05, 4.69) is 29.1 Å². The van der Waals surface area contributed by atoms with Gasteiger partial charge in [-0.3, -0.25) is 9.98 Å². The van der Waals surface area contributed by atoms with Crippen molar-refractivity contribution in [2.45, 2.75) is 39.5 Å². The summed E-state index contributed by atoms with van der Waals surface area (Å²) in [7, 11) is 0. The molecule has 0 unspecified atom stereocenters. The highest BCUT2D eigenvalue weighted by Gasteiger charge is 2.25. The van der Waals surface area contributed by atoms with Crippen LogP contribution in [0.15, 0.2) is 29.4 Å². The molecule has 118 valence electrons. The molecule has 0 aliphatic carbocycles. The zero-order valence-corrected chi connectivity index (χ0v) is 13.2. The maximum absolute atomic E-state index is 9.19. The summed E-state index contributed by atoms with van der Waals surface area (Å²) in [6.45, 7) is 5.85. The lowest BCUT2D eigenvalue weighted by Crippen LogP contribution is -2.35. The minimum Gasteiger partial charge on any atom is -0.396 e. The molecule has 0 amide bonds. The number of hydrogen-bond donors (Lipinski definition) is 3. The van der Waals surface area contributed by atoms with Gasteiger partial charge in [0, 0.05) is 38.0 Å². The van der Waals surface area contributed by atoms with Gasteiger partial charge in [0.05, 0.1) is 0 Å². The maximum Gasteiger partial charge on any atom is 0.188 e. The van der Waals surface area contributed by atoms with Crippen molar-refractivity contribution in [1.29, 1.82) is 0 Å². The Kier molecular flexibility index (Phi) is 7.75. The SMILES string of the molecule is CCC(CC)(CCO)CN=C(N)NCCc1ccccn1. The molecule has 0 aliphatic heterocycles. The Balaban J connectivity index is 2.41. The second kappa shape index (κ2) is 9.34. The molecule has 0 fully saturated rings. The van der Waals surface area contributed by atoms with Crippen LogP contribution in [0.4, 0.5) is 0 Å². The summed E-state index contributed by atoms with van der Waals surface area (Å²) in [6, 6.07) is 5.88. The van der Waals surface area contributed by atoms with Crippen LogP contribution in [0.5, 0.6) is 0 Å². The number of nitrogens with two attached hydrogens (primary N) is 1. The standard InChI is InChI=1S/C16H28N4O/c1-3-16(4-2,9-12-21)13-20-15(17)19-11-8-14-7-5-6-10-18-14/h5-7,10,21H,3-4,8-9,11-13H2,1-2H3,(H3,17,19,20). The Morgan fingerprint density at radius 1 is 1.38 bits per heavy atom. The summed E-state index contributed by atoms with van der Waals surface area (Å²) < 4.78 is 0. The summed E-state index contributed by atoms with van der Waals surface area (Å²) in [5, 5.41) is 12.3. The molecule has 0 spiro atoms. The highest BCUT2D eigenvalue weighted by atomic mass is 16.3. The van der Waals surface area contributed by atoms with Crippen molar-refractivity contribution in [1.82, 2.24) is 10.3 Å². The highest BCUT2D eigenvalue weighted by Crippen LogP contribution is 2.30. The number of nitrogens with zero attached hydrogens (tertiary/aromatic N) is 2. The second-order valence-electron chi connectivity index (χ2n) is 5.38. The molecule has 0 saturated heterocycles. The van der Waals surface area contributed by atoms with Gasteiger partial charge in [0.1, 0.15) is 0 Å². The number of pyridine rings is 1. The van der Waals surface area contributed by atoms with Gasteiger partial charge in [0.2, 0.25) is 0 Å². The van der Waals surface area contributed by atoms with Crippen molar-refractivity contribution in [2.24, 2.45) is 16.1 Å². The van der Waals surface area contributed by atoms with Gasteiger partial charge in [-0.2, -0.15) is 0 Å². The van der Waals surface area contributed by atoms with Crippen molar-refractivity contribution in [3.8, 4) is 0 Å². The van der Waals surface area contributed by atoms with E-state index in [4.69, 9.17) is 5.73 Å². The van der Waals surface area contributed by atoms with E-state index in [9.17, 15) is 5.11 Å². The van der Waals surface area contributed by atoms with E-state index < -0.39 is 0 Å². The number of rotatable bonds is 9. The molecule has 0 aliphatic rings. The van der Waals surface area contributed by atoms with E-state index in [-0.39, 0.29) is 12.0 Å². The van der Waals surface area contributed by atoms with E-state index in [0.717, 1.165) is 37.9 Å². The molecule has 1 aromatic rings. The van der Waals surface area contributed by atoms with Gasteiger partial charge >= 0.3 is 0 Å². The molecule has 0 saturated carbocycles. The lowest BCUT2D eigenvalue weighted by molar-refractivity contribution is 0.175. The summed E-state index contributed by atoms with van der Waals surface area (Å²) >= 11 is 0. The number of guanidine groups is 1. The quantitative estimate of drug-likeness (QED) is 0.478. The zero-order chi connectivity index (χ0) is 15.6. The molecular weight excluding hydrogens is 264 g/mol. The van der Waals surface area contributed by atoms with Gasteiger partial charge in [0.15, 0.2) is 5.96 Å². The number of nitrogens with one attached hydrogen (secondary N) is 1.